The number of H-pyrrole nitrogens is 1. The highest BCUT2D eigenvalue weighted by Gasteiger charge is 2.31. The third-order valence-corrected chi connectivity index (χ3v) is 7.24. The number of pyridine rings is 1. The van der Waals surface area contributed by atoms with Gasteiger partial charge in [0.1, 0.15) is 5.65 Å². The number of thiazole rings is 1. The van der Waals surface area contributed by atoms with Gasteiger partial charge in [0.2, 0.25) is 5.91 Å². The summed E-state index contributed by atoms with van der Waals surface area (Å²) in [5.74, 6) is 0.234. The van der Waals surface area contributed by atoms with Crippen LogP contribution in [0.25, 0.3) is 26.8 Å². The number of nitrogens with one attached hydrogen (secondary N) is 2. The Morgan fingerprint density at radius 3 is 2.91 bits per heavy atom. The number of hydrogen-bond donors (Lipinski definition) is 2. The fourth-order valence-electron chi connectivity index (χ4n) is 4.07. The van der Waals surface area contributed by atoms with Crippen molar-refractivity contribution in [2.45, 2.75) is 33.6 Å². The van der Waals surface area contributed by atoms with Crippen molar-refractivity contribution in [3.8, 4) is 0 Å². The van der Waals surface area contributed by atoms with Crippen molar-refractivity contribution in [3.05, 3.63) is 53.8 Å². The van der Waals surface area contributed by atoms with Crippen molar-refractivity contribution in [2.24, 2.45) is 5.41 Å². The summed E-state index contributed by atoms with van der Waals surface area (Å²) >= 11 is 1.64. The molecule has 0 saturated carbocycles. The number of amides is 1. The molecule has 3 aromatic heterocycles. The van der Waals surface area contributed by atoms with E-state index in [-0.39, 0.29) is 11.3 Å². The van der Waals surface area contributed by atoms with Crippen molar-refractivity contribution in [1.82, 2.24) is 19.9 Å². The fourth-order valence-corrected chi connectivity index (χ4v) is 4.79. The molecule has 0 spiro atoms. The fraction of sp³-hybridized carbons (Fsp3) is 0.320. The topological polar surface area (TPSA) is 73.9 Å². The molecule has 1 aliphatic rings. The first-order valence-electron chi connectivity index (χ1n) is 11.0. The Morgan fingerprint density at radius 1 is 1.25 bits per heavy atom. The van der Waals surface area contributed by atoms with E-state index in [2.05, 4.69) is 51.5 Å². The van der Waals surface area contributed by atoms with Crippen LogP contribution in [-0.4, -0.2) is 38.8 Å². The van der Waals surface area contributed by atoms with Crippen LogP contribution in [0, 0.1) is 5.41 Å². The minimum atomic E-state index is -0.306. The van der Waals surface area contributed by atoms with Gasteiger partial charge in [0.25, 0.3) is 0 Å². The van der Waals surface area contributed by atoms with Crippen LogP contribution in [0.5, 0.6) is 0 Å². The lowest BCUT2D eigenvalue weighted by Crippen LogP contribution is -2.42. The van der Waals surface area contributed by atoms with Crippen LogP contribution in [0.4, 0.5) is 11.4 Å². The van der Waals surface area contributed by atoms with Gasteiger partial charge in [0.05, 0.1) is 21.4 Å². The van der Waals surface area contributed by atoms with E-state index in [1.807, 2.05) is 42.6 Å². The highest BCUT2D eigenvalue weighted by Crippen LogP contribution is 2.32. The standard InChI is InChI=1S/C25H27N5OS/c1-4-25(2,3)24(31)30-11-8-16(9-12-30)21-14-18-19(7-10-26-23(18)29-21)28-17-5-6-20-22(13-17)32-15-27-20/h5-8,10,13-15H,4,9,11-12H2,1-3H3,(H2,26,28,29). The molecule has 1 amide bonds. The van der Waals surface area contributed by atoms with Gasteiger partial charge in [0, 0.05) is 41.5 Å². The first-order valence-corrected chi connectivity index (χ1v) is 11.9. The number of carbonyl (C=O) groups excluding carboxylic acids is 1. The van der Waals surface area contributed by atoms with E-state index in [9.17, 15) is 4.79 Å². The quantitative estimate of drug-likeness (QED) is 0.397. The Hall–Kier alpha value is -3.19. The molecule has 5 rings (SSSR count). The van der Waals surface area contributed by atoms with E-state index >= 15 is 0 Å². The van der Waals surface area contributed by atoms with Gasteiger partial charge in [0.15, 0.2) is 0 Å². The first kappa shape index (κ1) is 20.7. The van der Waals surface area contributed by atoms with Gasteiger partial charge in [-0.05, 0) is 48.7 Å². The predicted molar refractivity (Wildman–Crippen MR) is 132 cm³/mol. The van der Waals surface area contributed by atoms with Gasteiger partial charge in [-0.15, -0.1) is 11.3 Å². The first-order chi connectivity index (χ1) is 15.4. The summed E-state index contributed by atoms with van der Waals surface area (Å²) in [7, 11) is 0. The summed E-state index contributed by atoms with van der Waals surface area (Å²) < 4.78 is 1.16. The van der Waals surface area contributed by atoms with Gasteiger partial charge in [-0.1, -0.05) is 26.8 Å². The minimum Gasteiger partial charge on any atom is -0.355 e. The number of rotatable bonds is 5. The van der Waals surface area contributed by atoms with Crippen molar-refractivity contribution >= 4 is 55.4 Å². The maximum atomic E-state index is 12.8. The lowest BCUT2D eigenvalue weighted by Gasteiger charge is -2.33. The molecule has 7 heteroatoms. The summed E-state index contributed by atoms with van der Waals surface area (Å²) in [4.78, 5) is 27.1. The van der Waals surface area contributed by atoms with Crippen molar-refractivity contribution in [3.63, 3.8) is 0 Å². The largest absolute Gasteiger partial charge is 0.355 e. The number of anilines is 2. The molecule has 0 atom stereocenters. The molecule has 0 unspecified atom stereocenters. The lowest BCUT2D eigenvalue weighted by molar-refractivity contribution is -0.140. The normalized spacial score (nSPS) is 14.7. The van der Waals surface area contributed by atoms with Crippen molar-refractivity contribution < 1.29 is 4.79 Å². The van der Waals surface area contributed by atoms with Gasteiger partial charge in [-0.2, -0.15) is 0 Å². The van der Waals surface area contributed by atoms with Crippen LogP contribution in [0.15, 0.2) is 48.1 Å². The molecule has 0 bridgehead atoms. The molecule has 0 saturated heterocycles. The van der Waals surface area contributed by atoms with Crippen molar-refractivity contribution in [2.75, 3.05) is 18.4 Å². The van der Waals surface area contributed by atoms with Crippen LogP contribution in [0.2, 0.25) is 0 Å². The molecular formula is C25H27N5OS. The van der Waals surface area contributed by atoms with Crippen LogP contribution >= 0.6 is 11.3 Å². The van der Waals surface area contributed by atoms with Crippen LogP contribution in [-0.2, 0) is 4.79 Å². The molecule has 1 aromatic carbocycles. The molecule has 4 aromatic rings. The van der Waals surface area contributed by atoms with Gasteiger partial charge in [-0.3, -0.25) is 4.79 Å². The third-order valence-electron chi connectivity index (χ3n) is 6.45. The van der Waals surface area contributed by atoms with Gasteiger partial charge in [-0.25, -0.2) is 9.97 Å². The molecule has 32 heavy (non-hydrogen) atoms. The second kappa shape index (κ2) is 8.06. The smallest absolute Gasteiger partial charge is 0.228 e. The average Bonchev–Trinajstić information content (AvgIpc) is 3.46. The number of nitrogens with zero attached hydrogens (tertiary/aromatic N) is 3. The van der Waals surface area contributed by atoms with Crippen molar-refractivity contribution in [1.29, 1.82) is 0 Å². The molecule has 0 radical (unpaired) electrons. The lowest BCUT2D eigenvalue weighted by atomic mass is 9.88. The van der Waals surface area contributed by atoms with Crippen LogP contribution in [0.1, 0.15) is 39.3 Å². The second-order valence-electron chi connectivity index (χ2n) is 8.93. The van der Waals surface area contributed by atoms with E-state index in [0.29, 0.717) is 6.54 Å². The second-order valence-corrected chi connectivity index (χ2v) is 9.82. The molecule has 1 aliphatic heterocycles. The number of carbonyl (C=O) groups is 1. The maximum absolute atomic E-state index is 12.8. The Balaban J connectivity index is 1.39. The van der Waals surface area contributed by atoms with Gasteiger partial charge >= 0.3 is 0 Å². The zero-order valence-corrected chi connectivity index (χ0v) is 19.4. The minimum absolute atomic E-state index is 0.234. The molecular weight excluding hydrogens is 418 g/mol. The highest BCUT2D eigenvalue weighted by molar-refractivity contribution is 7.16. The summed E-state index contributed by atoms with van der Waals surface area (Å²) in [6.07, 6.45) is 5.67. The third kappa shape index (κ3) is 3.77. The number of fused-ring (bicyclic) bond motifs is 2. The number of hydrogen-bond acceptors (Lipinski definition) is 5. The van der Waals surface area contributed by atoms with E-state index < -0.39 is 0 Å². The number of aromatic amines is 1. The summed E-state index contributed by atoms with van der Waals surface area (Å²) in [6, 6.07) is 10.4. The zero-order valence-electron chi connectivity index (χ0n) is 18.6. The molecule has 6 nitrogen and oxygen atoms in total. The van der Waals surface area contributed by atoms with E-state index in [0.717, 1.165) is 57.7 Å². The van der Waals surface area contributed by atoms with E-state index in [1.165, 1.54) is 5.57 Å². The van der Waals surface area contributed by atoms with E-state index in [4.69, 9.17) is 0 Å². The molecule has 0 aliphatic carbocycles. The highest BCUT2D eigenvalue weighted by atomic mass is 32.1. The molecule has 0 fully saturated rings. The Morgan fingerprint density at radius 2 is 2.12 bits per heavy atom. The monoisotopic (exact) mass is 445 g/mol. The SMILES string of the molecule is CCC(C)(C)C(=O)N1CC=C(c2cc3c(Nc4ccc5ncsc5c4)ccnc3[nH]2)CC1. The van der Waals surface area contributed by atoms with E-state index in [1.54, 1.807) is 11.3 Å². The Bertz CT molecular complexity index is 1330. The molecule has 2 N–H and O–H groups in total. The Labute approximate surface area is 191 Å². The average molecular weight is 446 g/mol. The number of benzene rings is 1. The van der Waals surface area contributed by atoms with Crippen LogP contribution < -0.4 is 5.32 Å². The summed E-state index contributed by atoms with van der Waals surface area (Å²) in [5, 5.41) is 4.59. The van der Waals surface area contributed by atoms with Gasteiger partial charge < -0.3 is 15.2 Å². The summed E-state index contributed by atoms with van der Waals surface area (Å²) in [6.45, 7) is 7.52. The molecule has 4 heterocycles. The zero-order chi connectivity index (χ0) is 22.3. The van der Waals surface area contributed by atoms with Crippen LogP contribution in [0.3, 0.4) is 0 Å². The Kier molecular flexibility index (Phi) is 5.21. The predicted octanol–water partition coefficient (Wildman–Crippen LogP) is 5.97. The molecule has 164 valence electrons. The number of aromatic nitrogens is 3. The maximum Gasteiger partial charge on any atom is 0.228 e. The summed E-state index contributed by atoms with van der Waals surface area (Å²) in [5.41, 5.74) is 7.78.